The zero-order chi connectivity index (χ0) is 28.8. The van der Waals surface area contributed by atoms with Gasteiger partial charge in [-0.15, -0.1) is 0 Å². The Morgan fingerprint density at radius 3 is 1.73 bits per heavy atom. The first-order valence-electron chi connectivity index (χ1n) is 10.3. The predicted molar refractivity (Wildman–Crippen MR) is 114 cm³/mol. The van der Waals surface area contributed by atoms with Gasteiger partial charge in [0.05, 0.1) is 6.61 Å². The van der Waals surface area contributed by atoms with Crippen LogP contribution < -0.4 is 0 Å². The molecule has 0 heterocycles. The van der Waals surface area contributed by atoms with Crippen molar-refractivity contribution in [1.29, 1.82) is 0 Å². The number of esters is 2. The van der Waals surface area contributed by atoms with Crippen LogP contribution in [0.3, 0.4) is 0 Å². The Bertz CT molecular complexity index is 914. The molecular weight excluding hydrogens is 577 g/mol. The maximum absolute atomic E-state index is 12.4. The minimum absolute atomic E-state index is 0.0546. The molecule has 37 heavy (non-hydrogen) atoms. The van der Waals surface area contributed by atoms with Crippen LogP contribution in [0.2, 0.25) is 0 Å². The van der Waals surface area contributed by atoms with Crippen LogP contribution in [0.15, 0.2) is 0 Å². The monoisotopic (exact) mass is 606 g/mol. The summed E-state index contributed by atoms with van der Waals surface area (Å²) in [4.78, 5) is 68.9. The smallest absolute Gasteiger partial charge is 0.462 e. The van der Waals surface area contributed by atoms with Crippen molar-refractivity contribution < 1.29 is 90.6 Å². The summed E-state index contributed by atoms with van der Waals surface area (Å²) in [5.41, 5.74) is 0. The van der Waals surface area contributed by atoms with E-state index in [1.807, 2.05) is 0 Å². The third-order valence-electron chi connectivity index (χ3n) is 4.44. The average Bonchev–Trinajstić information content (AvgIpc) is 2.72. The van der Waals surface area contributed by atoms with E-state index in [9.17, 15) is 43.5 Å². The average molecular weight is 606 g/mol. The molecular formula is C15H29O19P3. The van der Waals surface area contributed by atoms with Gasteiger partial charge >= 0.3 is 35.4 Å². The summed E-state index contributed by atoms with van der Waals surface area (Å²) in [5, 5.41) is 30.8. The molecule has 0 bridgehead atoms. The van der Waals surface area contributed by atoms with Gasteiger partial charge in [0.15, 0.2) is 6.10 Å². The molecule has 0 aromatic carbocycles. The minimum atomic E-state index is -5.55. The number of ether oxygens (including phenoxy) is 2. The molecule has 22 heteroatoms. The van der Waals surface area contributed by atoms with Crippen molar-refractivity contribution in [3.8, 4) is 0 Å². The lowest BCUT2D eigenvalue weighted by atomic mass is 9.85. The predicted octanol–water partition coefficient (Wildman–Crippen LogP) is -2.18. The van der Waals surface area contributed by atoms with Crippen molar-refractivity contribution in [3.05, 3.63) is 0 Å². The number of carbonyl (C=O) groups excluding carboxylic acids is 2. The van der Waals surface area contributed by atoms with Gasteiger partial charge < -0.3 is 49.3 Å². The third kappa shape index (κ3) is 12.3. The Hall–Kier alpha value is -0.850. The van der Waals surface area contributed by atoms with Crippen LogP contribution in [0.4, 0.5) is 0 Å². The molecule has 0 aromatic rings. The molecule has 0 amide bonds. The lowest BCUT2D eigenvalue weighted by Gasteiger charge is -2.44. The zero-order valence-corrected chi connectivity index (χ0v) is 22.0. The third-order valence-corrected chi connectivity index (χ3v) is 6.46. The quantitative estimate of drug-likeness (QED) is 0.0769. The van der Waals surface area contributed by atoms with Gasteiger partial charge in [0.2, 0.25) is 0 Å². The number of rotatable bonds is 14. The van der Waals surface area contributed by atoms with Crippen LogP contribution in [-0.2, 0) is 50.9 Å². The van der Waals surface area contributed by atoms with Crippen LogP contribution >= 0.6 is 23.5 Å². The van der Waals surface area contributed by atoms with Gasteiger partial charge in [-0.2, -0.15) is 0 Å². The summed E-state index contributed by atoms with van der Waals surface area (Å²) < 4.78 is 62.2. The number of aliphatic hydroxyl groups is 3. The molecule has 0 aliphatic heterocycles. The van der Waals surface area contributed by atoms with Gasteiger partial charge in [0.1, 0.15) is 43.2 Å². The number of hydrogen-bond donors (Lipinski definition) is 8. The SMILES string of the molecule is CCCC(=O)O[C@H](COC(C)=O)COP(=O)(O)O[C@@H]1[C@H](O)[C@H](O)[C@@H](OP(=O)(O)O)[C@H](OP(=O)(O)O)[C@H]1O. The number of phosphoric ester groups is 3. The standard InChI is InChI=1S/C15H29O19P3/c1-3-4-9(17)31-8(5-29-7(2)16)6-30-37(27,28)34-13-10(18)11(19)14(32-35(21,22)23)15(12(13)20)33-36(24,25)26/h8,10-15,18-20H,3-6H2,1-2H3,(H,27,28)(H2,21,22,23)(H2,24,25,26)/t8-,10-,11+,12+,13-,14-,15-/m1/s1. The van der Waals surface area contributed by atoms with Crippen molar-refractivity contribution in [3.63, 3.8) is 0 Å². The Morgan fingerprint density at radius 1 is 0.784 bits per heavy atom. The molecule has 1 aliphatic rings. The van der Waals surface area contributed by atoms with Gasteiger partial charge in [-0.3, -0.25) is 27.7 Å². The summed E-state index contributed by atoms with van der Waals surface area (Å²) >= 11 is 0. The van der Waals surface area contributed by atoms with E-state index in [-0.39, 0.29) is 6.42 Å². The van der Waals surface area contributed by atoms with E-state index < -0.39 is 91.3 Å². The minimum Gasteiger partial charge on any atom is -0.462 e. The van der Waals surface area contributed by atoms with Crippen molar-refractivity contribution in [1.82, 2.24) is 0 Å². The summed E-state index contributed by atoms with van der Waals surface area (Å²) in [5.74, 6) is -1.56. The Morgan fingerprint density at radius 2 is 1.27 bits per heavy atom. The number of aliphatic hydroxyl groups excluding tert-OH is 3. The van der Waals surface area contributed by atoms with Gasteiger partial charge in [0, 0.05) is 13.3 Å². The molecule has 1 unspecified atom stereocenters. The Balaban J connectivity index is 3.07. The van der Waals surface area contributed by atoms with Gasteiger partial charge in [-0.1, -0.05) is 6.92 Å². The van der Waals surface area contributed by atoms with E-state index in [2.05, 4.69) is 22.8 Å². The van der Waals surface area contributed by atoms with E-state index in [4.69, 9.17) is 24.3 Å². The van der Waals surface area contributed by atoms with Crippen molar-refractivity contribution in [2.75, 3.05) is 13.2 Å². The summed E-state index contributed by atoms with van der Waals surface area (Å²) in [7, 11) is -16.4. The molecule has 1 saturated carbocycles. The summed E-state index contributed by atoms with van der Waals surface area (Å²) in [6.07, 6.45) is -16.0. The second-order valence-corrected chi connectivity index (χ2v) is 11.4. The van der Waals surface area contributed by atoms with Gasteiger partial charge in [-0.05, 0) is 6.42 Å². The summed E-state index contributed by atoms with van der Waals surface area (Å²) in [6, 6.07) is 0. The molecule has 19 nitrogen and oxygen atoms in total. The van der Waals surface area contributed by atoms with Crippen molar-refractivity contribution >= 4 is 35.4 Å². The molecule has 218 valence electrons. The fraction of sp³-hybridized carbons (Fsp3) is 0.867. The number of carbonyl (C=O) groups is 2. The summed E-state index contributed by atoms with van der Waals surface area (Å²) in [6.45, 7) is 1.16. The number of phosphoric acid groups is 3. The first kappa shape index (κ1) is 34.2. The Labute approximate surface area is 209 Å². The van der Waals surface area contributed by atoms with Crippen LogP contribution in [0.5, 0.6) is 0 Å². The second-order valence-electron chi connectivity index (χ2n) is 7.59. The van der Waals surface area contributed by atoms with Crippen molar-refractivity contribution in [2.45, 2.75) is 69.4 Å². The van der Waals surface area contributed by atoms with Crippen LogP contribution in [-0.4, -0.2) is 108 Å². The van der Waals surface area contributed by atoms with E-state index in [0.717, 1.165) is 6.92 Å². The topological polar surface area (TPSA) is 303 Å². The molecule has 0 radical (unpaired) electrons. The first-order valence-corrected chi connectivity index (χ1v) is 14.8. The maximum Gasteiger partial charge on any atom is 0.472 e. The highest BCUT2D eigenvalue weighted by molar-refractivity contribution is 7.47. The highest BCUT2D eigenvalue weighted by Gasteiger charge is 2.56. The van der Waals surface area contributed by atoms with E-state index in [1.54, 1.807) is 6.92 Å². The normalized spacial score (nSPS) is 29.2. The lowest BCUT2D eigenvalue weighted by Crippen LogP contribution is -2.65. The van der Waals surface area contributed by atoms with Crippen LogP contribution in [0.1, 0.15) is 26.7 Å². The van der Waals surface area contributed by atoms with Gasteiger partial charge in [0.25, 0.3) is 0 Å². The fourth-order valence-corrected chi connectivity index (χ4v) is 5.09. The molecule has 1 rings (SSSR count). The molecule has 8 atom stereocenters. The first-order chi connectivity index (χ1) is 16.8. The largest absolute Gasteiger partial charge is 0.472 e. The Kier molecular flexibility index (Phi) is 12.9. The number of hydrogen-bond acceptors (Lipinski definition) is 14. The zero-order valence-electron chi connectivity index (χ0n) is 19.3. The van der Waals surface area contributed by atoms with Gasteiger partial charge in [-0.25, -0.2) is 13.7 Å². The molecule has 0 saturated heterocycles. The van der Waals surface area contributed by atoms with E-state index in [1.165, 1.54) is 0 Å². The molecule has 1 aliphatic carbocycles. The second kappa shape index (κ2) is 14.0. The molecule has 0 aromatic heterocycles. The van der Waals surface area contributed by atoms with E-state index in [0.29, 0.717) is 6.42 Å². The van der Waals surface area contributed by atoms with Crippen molar-refractivity contribution in [2.24, 2.45) is 0 Å². The fourth-order valence-electron chi connectivity index (χ4n) is 2.99. The highest BCUT2D eigenvalue weighted by Crippen LogP contribution is 2.51. The maximum atomic E-state index is 12.4. The van der Waals surface area contributed by atoms with Crippen LogP contribution in [0.25, 0.3) is 0 Å². The molecule has 1 fully saturated rings. The molecule has 0 spiro atoms. The molecule has 8 N–H and O–H groups in total. The highest BCUT2D eigenvalue weighted by atomic mass is 31.2. The van der Waals surface area contributed by atoms with Crippen LogP contribution in [0, 0.1) is 0 Å². The lowest BCUT2D eigenvalue weighted by molar-refractivity contribution is -0.213. The van der Waals surface area contributed by atoms with E-state index >= 15 is 0 Å².